The number of ether oxygens (including phenoxy) is 3. The van der Waals surface area contributed by atoms with Crippen molar-refractivity contribution in [1.29, 1.82) is 0 Å². The average molecular weight is 236 g/mol. The molecule has 0 amide bonds. The number of hydrogen-bond donors (Lipinski definition) is 0. The maximum atomic E-state index is 11.9. The van der Waals surface area contributed by atoms with Gasteiger partial charge >= 0.3 is 5.97 Å². The van der Waals surface area contributed by atoms with E-state index in [0.29, 0.717) is 17.6 Å². The maximum absolute atomic E-state index is 11.9. The van der Waals surface area contributed by atoms with Gasteiger partial charge in [-0.05, 0) is 12.1 Å². The average Bonchev–Trinajstić information content (AvgIpc) is 2.25. The lowest BCUT2D eigenvalue weighted by Gasteiger charge is -2.32. The van der Waals surface area contributed by atoms with Crippen molar-refractivity contribution in [3.8, 4) is 11.5 Å². The van der Waals surface area contributed by atoms with Gasteiger partial charge in [0, 0.05) is 13.8 Å². The molecule has 5 nitrogen and oxygen atoms in total. The van der Waals surface area contributed by atoms with Gasteiger partial charge in [-0.2, -0.15) is 0 Å². The Balaban J connectivity index is 2.67. The Labute approximate surface area is 98.3 Å². The van der Waals surface area contributed by atoms with E-state index in [1.165, 1.54) is 13.2 Å². The lowest BCUT2D eigenvalue weighted by Crippen LogP contribution is -2.39. The highest BCUT2D eigenvalue weighted by atomic mass is 16.7. The highest BCUT2D eigenvalue weighted by Gasteiger charge is 2.37. The van der Waals surface area contributed by atoms with Gasteiger partial charge in [-0.25, -0.2) is 4.79 Å². The molecule has 1 aliphatic rings. The second kappa shape index (κ2) is 3.76. The third kappa shape index (κ3) is 1.84. The fraction of sp³-hybridized carbons (Fsp3) is 0.333. The Morgan fingerprint density at radius 1 is 1.29 bits per heavy atom. The van der Waals surface area contributed by atoms with Crippen molar-refractivity contribution < 1.29 is 23.8 Å². The van der Waals surface area contributed by atoms with E-state index >= 15 is 0 Å². The first kappa shape index (κ1) is 11.4. The molecule has 0 atom stereocenters. The van der Waals surface area contributed by atoms with E-state index in [-0.39, 0.29) is 11.3 Å². The van der Waals surface area contributed by atoms with Gasteiger partial charge in [-0.15, -0.1) is 0 Å². The number of rotatable bonds is 2. The summed E-state index contributed by atoms with van der Waals surface area (Å²) >= 11 is 0. The lowest BCUT2D eigenvalue weighted by molar-refractivity contribution is -0.127. The first-order valence-electron chi connectivity index (χ1n) is 5.07. The Morgan fingerprint density at radius 2 is 2.00 bits per heavy atom. The molecular formula is C12H12O5. The monoisotopic (exact) mass is 236 g/mol. The molecule has 0 saturated carbocycles. The zero-order chi connectivity index (χ0) is 12.6. The number of aldehydes is 1. The minimum Gasteiger partial charge on any atom is -0.496 e. The van der Waals surface area contributed by atoms with Crippen LogP contribution >= 0.6 is 0 Å². The summed E-state index contributed by atoms with van der Waals surface area (Å²) < 4.78 is 15.6. The number of carbonyl (C=O) groups is 2. The van der Waals surface area contributed by atoms with E-state index in [2.05, 4.69) is 0 Å². The van der Waals surface area contributed by atoms with Crippen molar-refractivity contribution in [1.82, 2.24) is 0 Å². The molecule has 0 fully saturated rings. The van der Waals surface area contributed by atoms with Crippen LogP contribution in [0.1, 0.15) is 34.6 Å². The van der Waals surface area contributed by atoms with Gasteiger partial charge in [0.05, 0.1) is 12.7 Å². The summed E-state index contributed by atoms with van der Waals surface area (Å²) in [4.78, 5) is 22.8. The first-order valence-corrected chi connectivity index (χ1v) is 5.07. The third-order valence-electron chi connectivity index (χ3n) is 2.39. The number of carbonyl (C=O) groups excluding carboxylic acids is 2. The van der Waals surface area contributed by atoms with Crippen LogP contribution in [0, 0.1) is 0 Å². The van der Waals surface area contributed by atoms with Crippen molar-refractivity contribution in [3.05, 3.63) is 23.3 Å². The van der Waals surface area contributed by atoms with Gasteiger partial charge in [0.15, 0.2) is 12.0 Å². The standard InChI is InChI=1S/C12H12O5/c1-12(2)16-10-7(6-13)4-5-8(15-3)9(10)11(14)17-12/h4-6H,1-3H3. The highest BCUT2D eigenvalue weighted by molar-refractivity contribution is 6.00. The number of esters is 1. The topological polar surface area (TPSA) is 61.8 Å². The second-order valence-electron chi connectivity index (χ2n) is 4.07. The number of fused-ring (bicyclic) bond motifs is 1. The van der Waals surface area contributed by atoms with E-state index < -0.39 is 11.8 Å². The molecule has 0 unspecified atom stereocenters. The van der Waals surface area contributed by atoms with Gasteiger partial charge in [-0.1, -0.05) is 0 Å². The molecule has 5 heteroatoms. The molecule has 1 aliphatic heterocycles. The molecule has 0 spiro atoms. The zero-order valence-corrected chi connectivity index (χ0v) is 9.77. The molecule has 0 aliphatic carbocycles. The van der Waals surface area contributed by atoms with Crippen molar-refractivity contribution in [2.75, 3.05) is 7.11 Å². The summed E-state index contributed by atoms with van der Waals surface area (Å²) in [6, 6.07) is 3.07. The van der Waals surface area contributed by atoms with E-state index in [1.54, 1.807) is 19.9 Å². The van der Waals surface area contributed by atoms with Crippen LogP contribution in [0.5, 0.6) is 11.5 Å². The fourth-order valence-electron chi connectivity index (χ4n) is 1.69. The normalized spacial score (nSPS) is 16.5. The van der Waals surface area contributed by atoms with Crippen molar-refractivity contribution in [3.63, 3.8) is 0 Å². The van der Waals surface area contributed by atoms with E-state index in [9.17, 15) is 9.59 Å². The van der Waals surface area contributed by atoms with E-state index in [1.807, 2.05) is 0 Å². The summed E-state index contributed by atoms with van der Waals surface area (Å²) in [5, 5.41) is 0. The van der Waals surface area contributed by atoms with Crippen molar-refractivity contribution >= 4 is 12.3 Å². The predicted molar refractivity (Wildman–Crippen MR) is 58.5 cm³/mol. The van der Waals surface area contributed by atoms with E-state index in [4.69, 9.17) is 14.2 Å². The molecule has 0 aromatic heterocycles. The maximum Gasteiger partial charge on any atom is 0.349 e. The summed E-state index contributed by atoms with van der Waals surface area (Å²) in [5.41, 5.74) is 0.446. The Morgan fingerprint density at radius 3 is 2.59 bits per heavy atom. The fourth-order valence-corrected chi connectivity index (χ4v) is 1.69. The summed E-state index contributed by atoms with van der Waals surface area (Å²) in [6.07, 6.45) is 0.632. The number of benzene rings is 1. The molecule has 0 saturated heterocycles. The van der Waals surface area contributed by atoms with E-state index in [0.717, 1.165) is 0 Å². The van der Waals surface area contributed by atoms with Gasteiger partial charge in [0.2, 0.25) is 5.79 Å². The molecule has 1 aromatic carbocycles. The van der Waals surface area contributed by atoms with Crippen LogP contribution in [0.4, 0.5) is 0 Å². The van der Waals surface area contributed by atoms with Crippen LogP contribution in [0.15, 0.2) is 12.1 Å². The quantitative estimate of drug-likeness (QED) is 0.578. The van der Waals surface area contributed by atoms with Crippen molar-refractivity contribution in [2.24, 2.45) is 0 Å². The second-order valence-corrected chi connectivity index (χ2v) is 4.07. The van der Waals surface area contributed by atoms with Crippen LogP contribution < -0.4 is 9.47 Å². The van der Waals surface area contributed by atoms with Crippen LogP contribution in [0.2, 0.25) is 0 Å². The Bertz CT molecular complexity index is 490. The van der Waals surface area contributed by atoms with Crippen LogP contribution in [0.25, 0.3) is 0 Å². The summed E-state index contributed by atoms with van der Waals surface area (Å²) in [5.74, 6) is -1.11. The highest BCUT2D eigenvalue weighted by Crippen LogP contribution is 2.38. The molecule has 1 aromatic rings. The van der Waals surface area contributed by atoms with Crippen molar-refractivity contribution in [2.45, 2.75) is 19.6 Å². The van der Waals surface area contributed by atoms with Gasteiger partial charge < -0.3 is 14.2 Å². The molecular weight excluding hydrogens is 224 g/mol. The lowest BCUT2D eigenvalue weighted by atomic mass is 10.1. The third-order valence-corrected chi connectivity index (χ3v) is 2.39. The minimum atomic E-state index is -1.09. The van der Waals surface area contributed by atoms with Crippen LogP contribution in [-0.2, 0) is 4.74 Å². The smallest absolute Gasteiger partial charge is 0.349 e. The van der Waals surface area contributed by atoms with Gasteiger partial charge in [0.1, 0.15) is 11.3 Å². The summed E-state index contributed by atoms with van der Waals surface area (Å²) in [7, 11) is 1.43. The molecule has 1 heterocycles. The number of hydrogen-bond acceptors (Lipinski definition) is 5. The summed E-state index contributed by atoms with van der Waals surface area (Å²) in [6.45, 7) is 3.20. The Hall–Kier alpha value is -2.04. The van der Waals surface area contributed by atoms with Gasteiger partial charge in [0.25, 0.3) is 0 Å². The molecule has 0 radical (unpaired) electrons. The molecule has 90 valence electrons. The number of cyclic esters (lactones) is 1. The van der Waals surface area contributed by atoms with Crippen LogP contribution in [-0.4, -0.2) is 25.2 Å². The van der Waals surface area contributed by atoms with Crippen LogP contribution in [0.3, 0.4) is 0 Å². The minimum absolute atomic E-state index is 0.149. The SMILES string of the molecule is COc1ccc(C=O)c2c1C(=O)OC(C)(C)O2. The molecule has 0 bridgehead atoms. The molecule has 17 heavy (non-hydrogen) atoms. The predicted octanol–water partition coefficient (Wildman–Crippen LogP) is 1.79. The Kier molecular flexibility index (Phi) is 2.53. The first-order chi connectivity index (χ1) is 7.98. The molecule has 0 N–H and O–H groups in total. The zero-order valence-electron chi connectivity index (χ0n) is 9.77. The largest absolute Gasteiger partial charge is 0.496 e. The molecule has 2 rings (SSSR count). The van der Waals surface area contributed by atoms with Gasteiger partial charge in [-0.3, -0.25) is 4.79 Å². The number of methoxy groups -OCH3 is 1.